The summed E-state index contributed by atoms with van der Waals surface area (Å²) in [6, 6.07) is 0. The number of aliphatic hydroxyl groups excluding tert-OH is 1. The monoisotopic (exact) mass is 182 g/mol. The average molecular weight is 182 g/mol. The lowest BCUT2D eigenvalue weighted by Gasteiger charge is -1.99. The summed E-state index contributed by atoms with van der Waals surface area (Å²) in [4.78, 5) is 0. The van der Waals surface area contributed by atoms with E-state index >= 15 is 0 Å². The van der Waals surface area contributed by atoms with Crippen LogP contribution in [0.3, 0.4) is 0 Å². The van der Waals surface area contributed by atoms with Crippen LogP contribution in [0.2, 0.25) is 0 Å². The van der Waals surface area contributed by atoms with Gasteiger partial charge in [0.2, 0.25) is 0 Å². The van der Waals surface area contributed by atoms with Gasteiger partial charge in [0, 0.05) is 11.3 Å². The number of aromatic amines is 1. The predicted molar refractivity (Wildman–Crippen MR) is 52.5 cm³/mol. The molecule has 0 aliphatic rings. The fraction of sp³-hybridized carbons (Fsp3) is 0.700. The highest BCUT2D eigenvalue weighted by atomic mass is 16.3. The molecule has 0 amide bonds. The van der Waals surface area contributed by atoms with Gasteiger partial charge in [-0.3, -0.25) is 5.10 Å². The number of rotatable bonds is 5. The molecule has 3 heteroatoms. The van der Waals surface area contributed by atoms with Crippen molar-refractivity contribution in [3.8, 4) is 0 Å². The largest absolute Gasteiger partial charge is 0.392 e. The molecule has 0 aliphatic heterocycles. The third-order valence-electron chi connectivity index (χ3n) is 2.33. The van der Waals surface area contributed by atoms with Gasteiger partial charge >= 0.3 is 0 Å². The van der Waals surface area contributed by atoms with Gasteiger partial charge in [0.15, 0.2) is 0 Å². The van der Waals surface area contributed by atoms with E-state index in [2.05, 4.69) is 17.1 Å². The molecule has 1 aromatic rings. The van der Waals surface area contributed by atoms with Gasteiger partial charge in [0.1, 0.15) is 0 Å². The first-order chi connectivity index (χ1) is 6.29. The number of hydrogen-bond acceptors (Lipinski definition) is 2. The molecule has 0 aliphatic carbocycles. The van der Waals surface area contributed by atoms with E-state index in [1.165, 1.54) is 12.8 Å². The van der Waals surface area contributed by atoms with E-state index in [1.807, 2.05) is 6.92 Å². The summed E-state index contributed by atoms with van der Waals surface area (Å²) in [6.07, 6.45) is 4.59. The molecule has 0 radical (unpaired) electrons. The molecule has 0 unspecified atom stereocenters. The van der Waals surface area contributed by atoms with E-state index in [9.17, 15) is 0 Å². The van der Waals surface area contributed by atoms with Crippen molar-refractivity contribution in [3.63, 3.8) is 0 Å². The van der Waals surface area contributed by atoms with Crippen molar-refractivity contribution in [3.05, 3.63) is 17.0 Å². The van der Waals surface area contributed by atoms with Crippen molar-refractivity contribution in [1.29, 1.82) is 0 Å². The molecule has 1 aromatic heterocycles. The SMILES string of the molecule is CCCCCc1n[nH]c(C)c1CO. The van der Waals surface area contributed by atoms with Crippen molar-refractivity contribution in [2.45, 2.75) is 46.1 Å². The number of aliphatic hydroxyl groups is 1. The number of H-pyrrole nitrogens is 1. The van der Waals surface area contributed by atoms with Crippen LogP contribution < -0.4 is 0 Å². The van der Waals surface area contributed by atoms with Crippen molar-refractivity contribution in [1.82, 2.24) is 10.2 Å². The number of unbranched alkanes of at least 4 members (excludes halogenated alkanes) is 2. The van der Waals surface area contributed by atoms with Crippen molar-refractivity contribution < 1.29 is 5.11 Å². The lowest BCUT2D eigenvalue weighted by Crippen LogP contribution is -1.93. The first-order valence-corrected chi connectivity index (χ1v) is 4.93. The van der Waals surface area contributed by atoms with Gasteiger partial charge in [-0.25, -0.2) is 0 Å². The summed E-state index contributed by atoms with van der Waals surface area (Å²) in [5, 5.41) is 16.2. The minimum absolute atomic E-state index is 0.101. The maximum atomic E-state index is 9.08. The Morgan fingerprint density at radius 3 is 2.77 bits per heavy atom. The zero-order valence-corrected chi connectivity index (χ0v) is 8.43. The highest BCUT2D eigenvalue weighted by molar-refractivity contribution is 5.23. The topological polar surface area (TPSA) is 48.9 Å². The third kappa shape index (κ3) is 2.56. The quantitative estimate of drug-likeness (QED) is 0.684. The van der Waals surface area contributed by atoms with Crippen LogP contribution in [0.15, 0.2) is 0 Å². The van der Waals surface area contributed by atoms with Crippen LogP contribution in [0.25, 0.3) is 0 Å². The lowest BCUT2D eigenvalue weighted by atomic mass is 10.1. The molecular weight excluding hydrogens is 164 g/mol. The Labute approximate surface area is 79.2 Å². The highest BCUT2D eigenvalue weighted by Gasteiger charge is 2.07. The van der Waals surface area contributed by atoms with Crippen molar-refractivity contribution >= 4 is 0 Å². The second kappa shape index (κ2) is 5.02. The van der Waals surface area contributed by atoms with Gasteiger partial charge in [0.25, 0.3) is 0 Å². The Kier molecular flexibility index (Phi) is 3.96. The van der Waals surface area contributed by atoms with Crippen LogP contribution in [-0.2, 0) is 13.0 Å². The van der Waals surface area contributed by atoms with E-state index in [0.29, 0.717) is 0 Å². The summed E-state index contributed by atoms with van der Waals surface area (Å²) >= 11 is 0. The van der Waals surface area contributed by atoms with Gasteiger partial charge in [0.05, 0.1) is 12.3 Å². The molecule has 0 saturated heterocycles. The molecule has 2 N–H and O–H groups in total. The van der Waals surface area contributed by atoms with Crippen LogP contribution >= 0.6 is 0 Å². The first-order valence-electron chi connectivity index (χ1n) is 4.93. The molecule has 74 valence electrons. The first kappa shape index (κ1) is 10.3. The third-order valence-corrected chi connectivity index (χ3v) is 2.33. The van der Waals surface area contributed by atoms with Gasteiger partial charge in [-0.1, -0.05) is 19.8 Å². The van der Waals surface area contributed by atoms with Crippen LogP contribution in [0, 0.1) is 6.92 Å². The van der Waals surface area contributed by atoms with E-state index in [-0.39, 0.29) is 6.61 Å². The van der Waals surface area contributed by atoms with E-state index in [1.54, 1.807) is 0 Å². The molecule has 0 saturated carbocycles. The number of nitrogens with one attached hydrogen (secondary N) is 1. The average Bonchev–Trinajstić information content (AvgIpc) is 2.47. The molecule has 1 rings (SSSR count). The Hall–Kier alpha value is -0.830. The molecular formula is C10H18N2O. The number of aryl methyl sites for hydroxylation is 2. The minimum atomic E-state index is 0.101. The van der Waals surface area contributed by atoms with Gasteiger partial charge in [-0.05, 0) is 19.8 Å². The van der Waals surface area contributed by atoms with E-state index in [0.717, 1.165) is 29.8 Å². The number of nitrogens with zero attached hydrogens (tertiary/aromatic N) is 1. The summed E-state index contributed by atoms with van der Waals surface area (Å²) in [5.41, 5.74) is 3.01. The summed E-state index contributed by atoms with van der Waals surface area (Å²) in [6.45, 7) is 4.23. The van der Waals surface area contributed by atoms with Gasteiger partial charge in [-0.15, -0.1) is 0 Å². The fourth-order valence-electron chi connectivity index (χ4n) is 1.46. The molecule has 0 aromatic carbocycles. The Balaban J connectivity index is 2.55. The summed E-state index contributed by atoms with van der Waals surface area (Å²) in [7, 11) is 0. The number of aromatic nitrogens is 2. The standard InChI is InChI=1S/C10H18N2O/c1-3-4-5-6-10-9(7-13)8(2)11-12-10/h13H,3-7H2,1-2H3,(H,11,12). The molecule has 0 bridgehead atoms. The molecule has 3 nitrogen and oxygen atoms in total. The van der Waals surface area contributed by atoms with Gasteiger partial charge in [-0.2, -0.15) is 5.10 Å². The highest BCUT2D eigenvalue weighted by Crippen LogP contribution is 2.13. The summed E-state index contributed by atoms with van der Waals surface area (Å²) < 4.78 is 0. The minimum Gasteiger partial charge on any atom is -0.392 e. The van der Waals surface area contributed by atoms with Crippen LogP contribution in [-0.4, -0.2) is 15.3 Å². The van der Waals surface area contributed by atoms with Crippen molar-refractivity contribution in [2.75, 3.05) is 0 Å². The van der Waals surface area contributed by atoms with Crippen LogP contribution in [0.1, 0.15) is 43.1 Å². The van der Waals surface area contributed by atoms with Crippen LogP contribution in [0.4, 0.5) is 0 Å². The normalized spacial score (nSPS) is 10.7. The maximum Gasteiger partial charge on any atom is 0.0718 e. The second-order valence-corrected chi connectivity index (χ2v) is 3.39. The molecule has 0 atom stereocenters. The molecule has 0 spiro atoms. The molecule has 1 heterocycles. The zero-order valence-electron chi connectivity index (χ0n) is 8.43. The molecule has 0 fully saturated rings. The zero-order chi connectivity index (χ0) is 9.68. The lowest BCUT2D eigenvalue weighted by molar-refractivity contribution is 0.279. The van der Waals surface area contributed by atoms with E-state index < -0.39 is 0 Å². The second-order valence-electron chi connectivity index (χ2n) is 3.39. The van der Waals surface area contributed by atoms with Crippen molar-refractivity contribution in [2.24, 2.45) is 0 Å². The van der Waals surface area contributed by atoms with Gasteiger partial charge < -0.3 is 5.11 Å². The number of hydrogen-bond donors (Lipinski definition) is 2. The molecule has 13 heavy (non-hydrogen) atoms. The van der Waals surface area contributed by atoms with Crippen LogP contribution in [0.5, 0.6) is 0 Å². The predicted octanol–water partition coefficient (Wildman–Crippen LogP) is 1.94. The smallest absolute Gasteiger partial charge is 0.0718 e. The fourth-order valence-corrected chi connectivity index (χ4v) is 1.46. The Morgan fingerprint density at radius 2 is 2.15 bits per heavy atom. The summed E-state index contributed by atoms with van der Waals surface area (Å²) in [5.74, 6) is 0. The van der Waals surface area contributed by atoms with E-state index in [4.69, 9.17) is 5.11 Å². The maximum absolute atomic E-state index is 9.08. The Bertz CT molecular complexity index is 255. The Morgan fingerprint density at radius 1 is 1.38 bits per heavy atom.